The number of halogens is 2. The van der Waals surface area contributed by atoms with Gasteiger partial charge in [-0.3, -0.25) is 14.5 Å². The molecule has 2 aliphatic heterocycles. The SMILES string of the molecule is CC(C)(C)N1CCN(C(=O)C2CCN(C(=O)COC(c3ccc(F)cc3)c3ccc(F)cc3)CC2)CC1. The quantitative estimate of drug-likeness (QED) is 0.580. The third-order valence-corrected chi connectivity index (χ3v) is 7.46. The molecule has 4 rings (SSSR count). The summed E-state index contributed by atoms with van der Waals surface area (Å²) in [7, 11) is 0. The van der Waals surface area contributed by atoms with Crippen LogP contribution in [0.2, 0.25) is 0 Å². The number of piperazine rings is 1. The Morgan fingerprint density at radius 3 is 1.76 bits per heavy atom. The van der Waals surface area contributed by atoms with Gasteiger partial charge in [-0.15, -0.1) is 0 Å². The van der Waals surface area contributed by atoms with Crippen molar-refractivity contribution in [1.29, 1.82) is 0 Å². The molecule has 2 saturated heterocycles. The summed E-state index contributed by atoms with van der Waals surface area (Å²) in [5.74, 6) is -0.752. The van der Waals surface area contributed by atoms with Gasteiger partial charge in [-0.2, -0.15) is 0 Å². The van der Waals surface area contributed by atoms with Crippen LogP contribution >= 0.6 is 0 Å². The lowest BCUT2D eigenvalue weighted by atomic mass is 9.94. The van der Waals surface area contributed by atoms with E-state index in [-0.39, 0.29) is 41.5 Å². The molecule has 6 nitrogen and oxygen atoms in total. The Hall–Kier alpha value is -2.84. The first-order valence-corrected chi connectivity index (χ1v) is 13.1. The van der Waals surface area contributed by atoms with E-state index in [2.05, 4.69) is 25.7 Å². The molecule has 0 atom stereocenters. The highest BCUT2D eigenvalue weighted by molar-refractivity contribution is 5.80. The molecule has 2 aromatic carbocycles. The molecule has 2 aliphatic rings. The van der Waals surface area contributed by atoms with Crippen LogP contribution in [0, 0.1) is 17.6 Å². The van der Waals surface area contributed by atoms with Gasteiger partial charge in [0.25, 0.3) is 0 Å². The average molecular weight is 514 g/mol. The van der Waals surface area contributed by atoms with E-state index >= 15 is 0 Å². The highest BCUT2D eigenvalue weighted by atomic mass is 19.1. The predicted molar refractivity (Wildman–Crippen MR) is 138 cm³/mol. The Balaban J connectivity index is 1.29. The van der Waals surface area contributed by atoms with Gasteiger partial charge in [0.2, 0.25) is 11.8 Å². The molecular weight excluding hydrogens is 476 g/mol. The van der Waals surface area contributed by atoms with Gasteiger partial charge in [0.15, 0.2) is 0 Å². The number of hydrogen-bond donors (Lipinski definition) is 0. The maximum absolute atomic E-state index is 13.5. The van der Waals surface area contributed by atoms with Crippen molar-refractivity contribution < 1.29 is 23.1 Å². The zero-order chi connectivity index (χ0) is 26.6. The number of piperidine rings is 1. The summed E-state index contributed by atoms with van der Waals surface area (Å²) in [6.45, 7) is 10.7. The zero-order valence-electron chi connectivity index (χ0n) is 22.0. The van der Waals surface area contributed by atoms with Gasteiger partial charge in [0, 0.05) is 50.7 Å². The summed E-state index contributed by atoms with van der Waals surface area (Å²) in [4.78, 5) is 32.2. The van der Waals surface area contributed by atoms with Crippen molar-refractivity contribution in [2.45, 2.75) is 45.3 Å². The Labute approximate surface area is 218 Å². The number of likely N-dealkylation sites (tertiary alicyclic amines) is 1. The standard InChI is InChI=1S/C29H37F2N3O3/c1-29(2,3)34-18-16-33(17-19-34)28(36)23-12-14-32(15-13-23)26(35)20-37-27(21-4-8-24(30)9-5-21)22-6-10-25(31)11-7-22/h4-11,23,27H,12-20H2,1-3H3. The summed E-state index contributed by atoms with van der Waals surface area (Å²) in [5.41, 5.74) is 1.46. The molecule has 200 valence electrons. The Morgan fingerprint density at radius 2 is 1.30 bits per heavy atom. The fraction of sp³-hybridized carbons (Fsp3) is 0.517. The van der Waals surface area contributed by atoms with E-state index in [0.717, 1.165) is 26.2 Å². The maximum Gasteiger partial charge on any atom is 0.248 e. The fourth-order valence-electron chi connectivity index (χ4n) is 5.14. The van der Waals surface area contributed by atoms with Crippen LogP contribution in [0.3, 0.4) is 0 Å². The average Bonchev–Trinajstić information content (AvgIpc) is 2.90. The molecule has 0 N–H and O–H groups in total. The molecule has 0 aromatic heterocycles. The number of benzene rings is 2. The van der Waals surface area contributed by atoms with Crippen LogP contribution < -0.4 is 0 Å². The van der Waals surface area contributed by atoms with E-state index in [4.69, 9.17) is 4.74 Å². The summed E-state index contributed by atoms with van der Waals surface area (Å²) in [6.07, 6.45) is 0.656. The van der Waals surface area contributed by atoms with E-state index in [1.165, 1.54) is 24.3 Å². The summed E-state index contributed by atoms with van der Waals surface area (Å²) in [5, 5.41) is 0. The van der Waals surface area contributed by atoms with Gasteiger partial charge < -0.3 is 14.5 Å². The molecule has 2 heterocycles. The van der Waals surface area contributed by atoms with Crippen LogP contribution in [0.4, 0.5) is 8.78 Å². The molecule has 8 heteroatoms. The first-order chi connectivity index (χ1) is 17.6. The van der Waals surface area contributed by atoms with Gasteiger partial charge in [-0.1, -0.05) is 24.3 Å². The molecular formula is C29H37F2N3O3. The predicted octanol–water partition coefficient (Wildman–Crippen LogP) is 4.25. The Kier molecular flexibility index (Phi) is 8.60. The molecule has 0 spiro atoms. The molecule has 0 aliphatic carbocycles. The van der Waals surface area contributed by atoms with Crippen molar-refractivity contribution in [3.8, 4) is 0 Å². The molecule has 2 amide bonds. The fourth-order valence-corrected chi connectivity index (χ4v) is 5.14. The largest absolute Gasteiger partial charge is 0.359 e. The molecule has 2 fully saturated rings. The number of rotatable bonds is 6. The normalized spacial score (nSPS) is 17.9. The Bertz CT molecular complexity index is 1010. The lowest BCUT2D eigenvalue weighted by molar-refractivity contribution is -0.144. The summed E-state index contributed by atoms with van der Waals surface area (Å²) < 4.78 is 32.9. The van der Waals surface area contributed by atoms with Gasteiger partial charge in [0.05, 0.1) is 0 Å². The van der Waals surface area contributed by atoms with Gasteiger partial charge in [-0.05, 0) is 69.0 Å². The second-order valence-electron chi connectivity index (χ2n) is 10.9. The van der Waals surface area contributed by atoms with Crippen molar-refractivity contribution in [2.75, 3.05) is 45.9 Å². The van der Waals surface area contributed by atoms with Crippen molar-refractivity contribution in [3.05, 3.63) is 71.3 Å². The molecule has 0 radical (unpaired) electrons. The zero-order valence-corrected chi connectivity index (χ0v) is 22.0. The first-order valence-electron chi connectivity index (χ1n) is 13.1. The van der Waals surface area contributed by atoms with E-state index < -0.39 is 6.10 Å². The highest BCUT2D eigenvalue weighted by Gasteiger charge is 2.33. The number of carbonyl (C=O) groups is 2. The third-order valence-electron chi connectivity index (χ3n) is 7.46. The molecule has 37 heavy (non-hydrogen) atoms. The van der Waals surface area contributed by atoms with Crippen LogP contribution in [0.5, 0.6) is 0 Å². The van der Waals surface area contributed by atoms with E-state index in [1.807, 2.05) is 4.90 Å². The van der Waals surface area contributed by atoms with E-state index in [1.54, 1.807) is 29.2 Å². The van der Waals surface area contributed by atoms with Crippen LogP contribution in [0.1, 0.15) is 50.8 Å². The van der Waals surface area contributed by atoms with Crippen molar-refractivity contribution in [3.63, 3.8) is 0 Å². The van der Waals surface area contributed by atoms with Crippen LogP contribution in [0.15, 0.2) is 48.5 Å². The van der Waals surface area contributed by atoms with Crippen LogP contribution in [0.25, 0.3) is 0 Å². The summed E-state index contributed by atoms with van der Waals surface area (Å²) >= 11 is 0. The molecule has 0 unspecified atom stereocenters. The number of hydrogen-bond acceptors (Lipinski definition) is 4. The van der Waals surface area contributed by atoms with E-state index in [9.17, 15) is 18.4 Å². The topological polar surface area (TPSA) is 53.1 Å². The minimum Gasteiger partial charge on any atom is -0.359 e. The lowest BCUT2D eigenvalue weighted by Crippen LogP contribution is -2.56. The number of amides is 2. The minimum atomic E-state index is -0.629. The number of nitrogens with zero attached hydrogens (tertiary/aromatic N) is 3. The lowest BCUT2D eigenvalue weighted by Gasteiger charge is -2.43. The second-order valence-corrected chi connectivity index (χ2v) is 10.9. The van der Waals surface area contributed by atoms with E-state index in [0.29, 0.717) is 37.1 Å². The monoisotopic (exact) mass is 513 g/mol. The minimum absolute atomic E-state index is 0.0580. The number of carbonyl (C=O) groups excluding carboxylic acids is 2. The summed E-state index contributed by atoms with van der Waals surface area (Å²) in [6, 6.07) is 11.8. The van der Waals surface area contributed by atoms with Crippen molar-refractivity contribution in [1.82, 2.24) is 14.7 Å². The third kappa shape index (κ3) is 6.93. The smallest absolute Gasteiger partial charge is 0.248 e. The maximum atomic E-state index is 13.5. The van der Waals surface area contributed by atoms with Gasteiger partial charge >= 0.3 is 0 Å². The van der Waals surface area contributed by atoms with Crippen molar-refractivity contribution in [2.24, 2.45) is 5.92 Å². The van der Waals surface area contributed by atoms with Crippen LogP contribution in [-0.4, -0.2) is 77.9 Å². The van der Waals surface area contributed by atoms with Gasteiger partial charge in [0.1, 0.15) is 24.3 Å². The highest BCUT2D eigenvalue weighted by Crippen LogP contribution is 2.27. The Morgan fingerprint density at radius 1 is 0.811 bits per heavy atom. The first kappa shape index (κ1) is 27.2. The van der Waals surface area contributed by atoms with Crippen molar-refractivity contribution >= 4 is 11.8 Å². The molecule has 0 bridgehead atoms. The van der Waals surface area contributed by atoms with Gasteiger partial charge in [-0.25, -0.2) is 8.78 Å². The number of ether oxygens (including phenoxy) is 1. The second kappa shape index (κ2) is 11.7. The molecule has 2 aromatic rings. The van der Waals surface area contributed by atoms with Crippen LogP contribution in [-0.2, 0) is 14.3 Å². The molecule has 0 saturated carbocycles.